The standard InChI is InChI=1S/C12H24N2O2/c1-10(2)8-14-6-4-5-13(3)9-11(14)7-12(15)16/h10-11H,4-9H2,1-3H3,(H,15,16). The van der Waals surface area contributed by atoms with Gasteiger partial charge in [-0.25, -0.2) is 0 Å². The minimum Gasteiger partial charge on any atom is -0.481 e. The summed E-state index contributed by atoms with van der Waals surface area (Å²) in [7, 11) is 2.08. The molecule has 0 aromatic carbocycles. The number of aliphatic carboxylic acids is 1. The smallest absolute Gasteiger partial charge is 0.304 e. The largest absolute Gasteiger partial charge is 0.481 e. The summed E-state index contributed by atoms with van der Waals surface area (Å²) in [4.78, 5) is 15.5. The van der Waals surface area contributed by atoms with Gasteiger partial charge in [0.15, 0.2) is 0 Å². The molecule has 1 saturated heterocycles. The number of carboxylic acids is 1. The Morgan fingerprint density at radius 1 is 1.44 bits per heavy atom. The molecule has 4 heteroatoms. The lowest BCUT2D eigenvalue weighted by atomic mass is 10.1. The molecule has 16 heavy (non-hydrogen) atoms. The van der Waals surface area contributed by atoms with Crippen LogP contribution in [-0.4, -0.2) is 60.1 Å². The Hall–Kier alpha value is -0.610. The number of carbonyl (C=O) groups is 1. The number of carboxylic acid groups (broad SMARTS) is 1. The highest BCUT2D eigenvalue weighted by Gasteiger charge is 2.25. The predicted octanol–water partition coefficient (Wildman–Crippen LogP) is 1.12. The van der Waals surface area contributed by atoms with Crippen molar-refractivity contribution in [2.45, 2.75) is 32.7 Å². The number of nitrogens with zero attached hydrogens (tertiary/aromatic N) is 2. The van der Waals surface area contributed by atoms with Crippen molar-refractivity contribution in [1.29, 1.82) is 0 Å². The van der Waals surface area contributed by atoms with Gasteiger partial charge in [0.2, 0.25) is 0 Å². The molecule has 1 rings (SSSR count). The fourth-order valence-electron chi connectivity index (χ4n) is 2.40. The number of hydrogen-bond donors (Lipinski definition) is 1. The molecule has 0 spiro atoms. The lowest BCUT2D eigenvalue weighted by Crippen LogP contribution is -2.43. The second kappa shape index (κ2) is 6.21. The molecule has 0 aromatic rings. The maximum Gasteiger partial charge on any atom is 0.304 e. The summed E-state index contributed by atoms with van der Waals surface area (Å²) in [5.41, 5.74) is 0. The Labute approximate surface area is 98.2 Å². The highest BCUT2D eigenvalue weighted by Crippen LogP contribution is 2.14. The fraction of sp³-hybridized carbons (Fsp3) is 0.917. The van der Waals surface area contributed by atoms with Gasteiger partial charge >= 0.3 is 5.97 Å². The molecule has 1 N–H and O–H groups in total. The Morgan fingerprint density at radius 3 is 2.69 bits per heavy atom. The van der Waals surface area contributed by atoms with E-state index in [4.69, 9.17) is 5.11 Å². The van der Waals surface area contributed by atoms with Crippen molar-refractivity contribution in [3.63, 3.8) is 0 Å². The minimum atomic E-state index is -0.686. The highest BCUT2D eigenvalue weighted by molar-refractivity contribution is 5.67. The second-order valence-corrected chi connectivity index (χ2v) is 5.26. The van der Waals surface area contributed by atoms with Crippen molar-refractivity contribution >= 4 is 5.97 Å². The van der Waals surface area contributed by atoms with Crippen LogP contribution in [0.1, 0.15) is 26.7 Å². The zero-order chi connectivity index (χ0) is 12.1. The third-order valence-corrected chi connectivity index (χ3v) is 3.03. The monoisotopic (exact) mass is 228 g/mol. The summed E-state index contributed by atoms with van der Waals surface area (Å²) in [6.07, 6.45) is 1.40. The predicted molar refractivity (Wildman–Crippen MR) is 64.6 cm³/mol. The van der Waals surface area contributed by atoms with Crippen LogP contribution in [0.3, 0.4) is 0 Å². The third-order valence-electron chi connectivity index (χ3n) is 3.03. The third kappa shape index (κ3) is 4.49. The van der Waals surface area contributed by atoms with Gasteiger partial charge in [-0.2, -0.15) is 0 Å². The molecule has 1 atom stereocenters. The zero-order valence-electron chi connectivity index (χ0n) is 10.6. The van der Waals surface area contributed by atoms with Crippen molar-refractivity contribution in [1.82, 2.24) is 9.80 Å². The Morgan fingerprint density at radius 2 is 2.12 bits per heavy atom. The quantitative estimate of drug-likeness (QED) is 0.783. The molecule has 1 unspecified atom stereocenters. The second-order valence-electron chi connectivity index (χ2n) is 5.26. The van der Waals surface area contributed by atoms with E-state index in [-0.39, 0.29) is 12.5 Å². The molecule has 1 heterocycles. The van der Waals surface area contributed by atoms with E-state index in [0.29, 0.717) is 5.92 Å². The topological polar surface area (TPSA) is 43.8 Å². The zero-order valence-corrected chi connectivity index (χ0v) is 10.6. The van der Waals surface area contributed by atoms with Crippen LogP contribution in [-0.2, 0) is 4.79 Å². The summed E-state index contributed by atoms with van der Waals surface area (Å²) < 4.78 is 0. The molecule has 1 aliphatic heterocycles. The van der Waals surface area contributed by atoms with Gasteiger partial charge in [-0.1, -0.05) is 13.8 Å². The maximum absolute atomic E-state index is 10.9. The summed E-state index contributed by atoms with van der Waals surface area (Å²) in [5.74, 6) is -0.0891. The summed E-state index contributed by atoms with van der Waals surface area (Å²) in [6.45, 7) is 8.36. The molecule has 0 amide bonds. The molecule has 0 radical (unpaired) electrons. The van der Waals surface area contributed by atoms with E-state index < -0.39 is 5.97 Å². The molecule has 0 saturated carbocycles. The van der Waals surface area contributed by atoms with Crippen LogP contribution < -0.4 is 0 Å². The highest BCUT2D eigenvalue weighted by atomic mass is 16.4. The molecule has 4 nitrogen and oxygen atoms in total. The van der Waals surface area contributed by atoms with Crippen molar-refractivity contribution < 1.29 is 9.90 Å². The number of hydrogen-bond acceptors (Lipinski definition) is 3. The summed E-state index contributed by atoms with van der Waals surface area (Å²) >= 11 is 0. The van der Waals surface area contributed by atoms with Gasteiger partial charge in [0.05, 0.1) is 6.42 Å². The van der Waals surface area contributed by atoms with Gasteiger partial charge in [-0.3, -0.25) is 9.69 Å². The van der Waals surface area contributed by atoms with Crippen LogP contribution in [0.15, 0.2) is 0 Å². The van der Waals surface area contributed by atoms with Gasteiger partial charge in [-0.05, 0) is 32.5 Å². The minimum absolute atomic E-state index is 0.174. The van der Waals surface area contributed by atoms with Crippen LogP contribution in [0.4, 0.5) is 0 Å². The van der Waals surface area contributed by atoms with Crippen LogP contribution in [0, 0.1) is 5.92 Å². The molecule has 94 valence electrons. The normalized spacial score (nSPS) is 24.6. The van der Waals surface area contributed by atoms with Crippen molar-refractivity contribution in [2.24, 2.45) is 5.92 Å². The molecule has 0 aliphatic carbocycles. The van der Waals surface area contributed by atoms with E-state index in [0.717, 1.165) is 32.6 Å². The van der Waals surface area contributed by atoms with E-state index in [2.05, 4.69) is 30.7 Å². The van der Waals surface area contributed by atoms with Crippen molar-refractivity contribution in [3.8, 4) is 0 Å². The summed E-state index contributed by atoms with van der Waals surface area (Å²) in [6, 6.07) is 0.174. The van der Waals surface area contributed by atoms with Gasteiger partial charge in [-0.15, -0.1) is 0 Å². The van der Waals surface area contributed by atoms with E-state index >= 15 is 0 Å². The van der Waals surface area contributed by atoms with E-state index in [1.807, 2.05) is 0 Å². The fourth-order valence-corrected chi connectivity index (χ4v) is 2.40. The number of rotatable bonds is 4. The molecular weight excluding hydrogens is 204 g/mol. The average molecular weight is 228 g/mol. The Balaban J connectivity index is 2.63. The first kappa shape index (κ1) is 13.5. The maximum atomic E-state index is 10.9. The van der Waals surface area contributed by atoms with Gasteiger partial charge in [0.25, 0.3) is 0 Å². The molecule has 0 aromatic heterocycles. The molecule has 1 aliphatic rings. The molecular formula is C12H24N2O2. The molecule has 0 bridgehead atoms. The Bertz CT molecular complexity index is 231. The van der Waals surface area contributed by atoms with E-state index in [9.17, 15) is 4.79 Å². The lowest BCUT2D eigenvalue weighted by Gasteiger charge is -2.31. The van der Waals surface area contributed by atoms with Crippen molar-refractivity contribution in [2.75, 3.05) is 33.2 Å². The van der Waals surface area contributed by atoms with E-state index in [1.165, 1.54) is 0 Å². The van der Waals surface area contributed by atoms with Crippen LogP contribution in [0.2, 0.25) is 0 Å². The van der Waals surface area contributed by atoms with Gasteiger partial charge in [0, 0.05) is 19.1 Å². The lowest BCUT2D eigenvalue weighted by molar-refractivity contribution is -0.138. The first-order chi connectivity index (χ1) is 7.49. The van der Waals surface area contributed by atoms with Crippen LogP contribution in [0.5, 0.6) is 0 Å². The Kier molecular flexibility index (Phi) is 5.22. The van der Waals surface area contributed by atoms with Gasteiger partial charge in [0.1, 0.15) is 0 Å². The average Bonchev–Trinajstić information content (AvgIpc) is 2.27. The first-order valence-electron chi connectivity index (χ1n) is 6.13. The van der Waals surface area contributed by atoms with Gasteiger partial charge < -0.3 is 10.0 Å². The number of likely N-dealkylation sites (N-methyl/N-ethyl adjacent to an activating group) is 1. The van der Waals surface area contributed by atoms with E-state index in [1.54, 1.807) is 0 Å². The summed E-state index contributed by atoms with van der Waals surface area (Å²) in [5, 5.41) is 8.95. The van der Waals surface area contributed by atoms with Crippen LogP contribution >= 0.6 is 0 Å². The SMILES string of the molecule is CC(C)CN1CCCN(C)CC1CC(=O)O. The first-order valence-corrected chi connectivity index (χ1v) is 6.13. The molecule has 1 fully saturated rings. The van der Waals surface area contributed by atoms with Crippen molar-refractivity contribution in [3.05, 3.63) is 0 Å². The van der Waals surface area contributed by atoms with Crippen LogP contribution in [0.25, 0.3) is 0 Å².